The second-order valence-electron chi connectivity index (χ2n) is 14.0. The molecule has 2 aliphatic rings. The quantitative estimate of drug-likeness (QED) is 0.178. The zero-order valence-electron chi connectivity index (χ0n) is 28.9. The summed E-state index contributed by atoms with van der Waals surface area (Å²) in [6.45, 7) is 0. The normalized spacial score (nSPS) is 14.1. The molecule has 8 aromatic carbocycles. The van der Waals surface area contributed by atoms with Gasteiger partial charge in [-0.05, 0) is 73.3 Å². The molecule has 0 radical (unpaired) electrons. The number of carbonyl (C=O) groups excluding carboxylic acids is 1. The van der Waals surface area contributed by atoms with E-state index in [1.165, 1.54) is 5.56 Å². The van der Waals surface area contributed by atoms with E-state index >= 15 is 4.79 Å². The molecular weight excluding hydrogens is 645 g/mol. The number of phenolic OH excluding ortho intramolecular Hbond substituents is 1. The van der Waals surface area contributed by atoms with E-state index in [0.29, 0.717) is 5.56 Å². The number of hydrogen-bond acceptors (Lipinski definition) is 2. The fraction of sp³-hybridized carbons (Fsp3) is 0.0392. The number of hydrogen-bond donors (Lipinski definition) is 1. The molecule has 1 N–H and O–H groups in total. The van der Waals surface area contributed by atoms with Crippen LogP contribution in [-0.4, -0.2) is 10.9 Å². The monoisotopic (exact) mass is 678 g/mol. The number of rotatable bonds is 6. The molecule has 0 saturated heterocycles. The van der Waals surface area contributed by atoms with E-state index in [4.69, 9.17) is 0 Å². The highest BCUT2D eigenvalue weighted by molar-refractivity contribution is 6.12. The molecule has 0 heterocycles. The van der Waals surface area contributed by atoms with Gasteiger partial charge in [-0.1, -0.05) is 188 Å². The maximum atomic E-state index is 15.0. The third-order valence-corrected chi connectivity index (χ3v) is 11.6. The van der Waals surface area contributed by atoms with Crippen molar-refractivity contribution in [2.75, 3.05) is 0 Å². The molecule has 0 bridgehead atoms. The molecule has 2 aliphatic carbocycles. The third-order valence-electron chi connectivity index (χ3n) is 11.6. The molecule has 0 aliphatic heterocycles. The highest BCUT2D eigenvalue weighted by Gasteiger charge is 2.49. The van der Waals surface area contributed by atoms with Crippen molar-refractivity contribution in [3.63, 3.8) is 0 Å². The van der Waals surface area contributed by atoms with Crippen molar-refractivity contribution in [2.24, 2.45) is 0 Å². The van der Waals surface area contributed by atoms with Crippen molar-refractivity contribution in [2.45, 2.75) is 10.8 Å². The average molecular weight is 679 g/mol. The van der Waals surface area contributed by atoms with Crippen LogP contribution in [0.15, 0.2) is 200 Å². The number of aromatic hydroxyl groups is 1. The SMILES string of the molecule is O=C(c1ccc2c(c1)C(c1ccccc1)(c1ccccc1)c1ccccc1-2)c1ccc2c(c1O)C(c1ccccc1)(c1ccccc1)c1ccccc1-2. The fourth-order valence-corrected chi connectivity index (χ4v) is 9.44. The van der Waals surface area contributed by atoms with Gasteiger partial charge in [0.15, 0.2) is 5.78 Å². The lowest BCUT2D eigenvalue weighted by atomic mass is 9.67. The van der Waals surface area contributed by atoms with Crippen LogP contribution in [0.25, 0.3) is 22.3 Å². The maximum Gasteiger partial charge on any atom is 0.196 e. The average Bonchev–Trinajstić information content (AvgIpc) is 3.71. The molecule has 0 atom stereocenters. The molecule has 0 spiro atoms. The number of carbonyl (C=O) groups is 1. The predicted octanol–water partition coefficient (Wildman–Crippen LogP) is 11.3. The molecule has 8 aromatic rings. The summed E-state index contributed by atoms with van der Waals surface area (Å²) < 4.78 is 0. The Bertz CT molecular complexity index is 2600. The summed E-state index contributed by atoms with van der Waals surface area (Å²) in [5.74, 6) is -0.206. The van der Waals surface area contributed by atoms with Crippen molar-refractivity contribution < 1.29 is 9.90 Å². The fourth-order valence-electron chi connectivity index (χ4n) is 9.44. The number of fused-ring (bicyclic) bond motifs is 6. The Morgan fingerprint density at radius 3 is 1.30 bits per heavy atom. The molecule has 0 aromatic heterocycles. The lowest BCUT2D eigenvalue weighted by Crippen LogP contribution is -2.29. The molecule has 0 amide bonds. The van der Waals surface area contributed by atoms with Crippen LogP contribution in [0, 0.1) is 0 Å². The van der Waals surface area contributed by atoms with E-state index in [2.05, 4.69) is 127 Å². The van der Waals surface area contributed by atoms with E-state index in [1.807, 2.05) is 72.8 Å². The van der Waals surface area contributed by atoms with Gasteiger partial charge in [0.2, 0.25) is 0 Å². The number of phenols is 1. The highest BCUT2D eigenvalue weighted by Crippen LogP contribution is 2.60. The minimum atomic E-state index is -0.829. The third kappa shape index (κ3) is 4.24. The van der Waals surface area contributed by atoms with Gasteiger partial charge in [-0.2, -0.15) is 0 Å². The van der Waals surface area contributed by atoms with Crippen LogP contribution in [0.1, 0.15) is 60.4 Å². The van der Waals surface area contributed by atoms with Gasteiger partial charge in [0, 0.05) is 11.1 Å². The van der Waals surface area contributed by atoms with E-state index < -0.39 is 10.8 Å². The molecule has 0 fully saturated rings. The first-order chi connectivity index (χ1) is 26.1. The molecular formula is C51H34O2. The van der Waals surface area contributed by atoms with Gasteiger partial charge in [-0.15, -0.1) is 0 Å². The zero-order valence-corrected chi connectivity index (χ0v) is 28.9. The minimum absolute atomic E-state index is 0.0116. The van der Waals surface area contributed by atoms with Crippen LogP contribution in [0.2, 0.25) is 0 Å². The zero-order chi connectivity index (χ0) is 35.6. The van der Waals surface area contributed by atoms with Crippen LogP contribution < -0.4 is 0 Å². The smallest absolute Gasteiger partial charge is 0.196 e. The molecule has 2 heteroatoms. The number of benzene rings is 8. The summed E-state index contributed by atoms with van der Waals surface area (Å²) in [5, 5.41) is 12.6. The Morgan fingerprint density at radius 2 is 0.774 bits per heavy atom. The molecule has 2 nitrogen and oxygen atoms in total. The van der Waals surface area contributed by atoms with Crippen molar-refractivity contribution in [1.82, 2.24) is 0 Å². The van der Waals surface area contributed by atoms with E-state index in [9.17, 15) is 5.11 Å². The molecule has 10 rings (SSSR count). The van der Waals surface area contributed by atoms with Crippen molar-refractivity contribution in [1.29, 1.82) is 0 Å². The summed E-state index contributed by atoms with van der Waals surface area (Å²) in [4.78, 5) is 15.0. The summed E-state index contributed by atoms with van der Waals surface area (Å²) in [6, 6.07) is 68.7. The number of ketones is 1. The minimum Gasteiger partial charge on any atom is -0.507 e. The van der Waals surface area contributed by atoms with Gasteiger partial charge in [-0.3, -0.25) is 4.79 Å². The topological polar surface area (TPSA) is 37.3 Å². The van der Waals surface area contributed by atoms with Gasteiger partial charge in [0.05, 0.1) is 16.4 Å². The Labute approximate surface area is 309 Å². The lowest BCUT2D eigenvalue weighted by Gasteiger charge is -2.34. The highest BCUT2D eigenvalue weighted by atomic mass is 16.3. The Hall–Kier alpha value is -6.77. The lowest BCUT2D eigenvalue weighted by molar-refractivity contribution is 0.103. The molecule has 53 heavy (non-hydrogen) atoms. The first-order valence-electron chi connectivity index (χ1n) is 18.1. The Morgan fingerprint density at radius 1 is 0.377 bits per heavy atom. The van der Waals surface area contributed by atoms with Crippen molar-refractivity contribution in [3.8, 4) is 28.0 Å². The van der Waals surface area contributed by atoms with Crippen molar-refractivity contribution in [3.05, 3.63) is 256 Å². The Kier molecular flexibility index (Phi) is 6.96. The van der Waals surface area contributed by atoms with Gasteiger partial charge < -0.3 is 5.11 Å². The van der Waals surface area contributed by atoms with Crippen LogP contribution in [-0.2, 0) is 10.8 Å². The van der Waals surface area contributed by atoms with Gasteiger partial charge in [0.25, 0.3) is 0 Å². The van der Waals surface area contributed by atoms with E-state index in [0.717, 1.165) is 61.2 Å². The Balaban J connectivity index is 1.21. The second kappa shape index (κ2) is 11.9. The van der Waals surface area contributed by atoms with E-state index in [1.54, 1.807) is 0 Å². The van der Waals surface area contributed by atoms with Crippen LogP contribution >= 0.6 is 0 Å². The molecule has 0 unspecified atom stereocenters. The summed E-state index contributed by atoms with van der Waals surface area (Å²) in [5.41, 5.74) is 12.0. The summed E-state index contributed by atoms with van der Waals surface area (Å²) >= 11 is 0. The summed E-state index contributed by atoms with van der Waals surface area (Å²) in [7, 11) is 0. The standard InChI is InChI=1S/C51H34O2/c52-48(34-29-30-41-39-25-13-15-27-44(39)50(46(41)33-34,35-17-5-1-6-18-35)36-19-7-2-8-20-36)43-32-31-42-40-26-14-16-28-45(40)51(47(42)49(43)53,37-21-9-3-10-22-37)38-23-11-4-12-24-38/h1-33,53H. The van der Waals surface area contributed by atoms with Crippen LogP contribution in [0.4, 0.5) is 0 Å². The van der Waals surface area contributed by atoms with Gasteiger partial charge in [-0.25, -0.2) is 0 Å². The van der Waals surface area contributed by atoms with Gasteiger partial charge in [0.1, 0.15) is 5.75 Å². The first kappa shape index (κ1) is 31.0. The second-order valence-corrected chi connectivity index (χ2v) is 14.0. The molecule has 250 valence electrons. The van der Waals surface area contributed by atoms with Gasteiger partial charge >= 0.3 is 0 Å². The van der Waals surface area contributed by atoms with Crippen molar-refractivity contribution >= 4 is 5.78 Å². The van der Waals surface area contributed by atoms with Crippen LogP contribution in [0.3, 0.4) is 0 Å². The first-order valence-corrected chi connectivity index (χ1v) is 18.1. The molecule has 0 saturated carbocycles. The van der Waals surface area contributed by atoms with E-state index in [-0.39, 0.29) is 17.1 Å². The largest absolute Gasteiger partial charge is 0.507 e. The maximum absolute atomic E-state index is 15.0. The predicted molar refractivity (Wildman–Crippen MR) is 213 cm³/mol. The van der Waals surface area contributed by atoms with Crippen LogP contribution in [0.5, 0.6) is 5.75 Å². The summed E-state index contributed by atoms with van der Waals surface area (Å²) in [6.07, 6.45) is 0.